The summed E-state index contributed by atoms with van der Waals surface area (Å²) in [6.45, 7) is 7.04. The molecule has 0 bridgehead atoms. The Morgan fingerprint density at radius 1 is 1.47 bits per heavy atom. The second-order valence-electron chi connectivity index (χ2n) is 4.76. The van der Waals surface area contributed by atoms with Crippen LogP contribution in [-0.2, 0) is 0 Å². The zero-order valence-corrected chi connectivity index (χ0v) is 9.79. The Morgan fingerprint density at radius 2 is 2.20 bits per heavy atom. The summed E-state index contributed by atoms with van der Waals surface area (Å²) in [5.74, 6) is 0. The number of aliphatic imine (C=N–C) groups is 1. The van der Waals surface area contributed by atoms with Crippen LogP contribution in [0.4, 0.5) is 0 Å². The first-order valence-corrected chi connectivity index (χ1v) is 5.88. The summed E-state index contributed by atoms with van der Waals surface area (Å²) < 4.78 is 0. The predicted molar refractivity (Wildman–Crippen MR) is 64.3 cm³/mol. The summed E-state index contributed by atoms with van der Waals surface area (Å²) in [5, 5.41) is 3.36. The molecule has 0 saturated carbocycles. The van der Waals surface area contributed by atoms with Crippen molar-refractivity contribution in [2.45, 2.75) is 19.8 Å². The van der Waals surface area contributed by atoms with Crippen molar-refractivity contribution in [1.29, 1.82) is 0 Å². The molecule has 2 heterocycles. The highest BCUT2D eigenvalue weighted by Gasteiger charge is 2.47. The van der Waals surface area contributed by atoms with Crippen LogP contribution in [0.2, 0.25) is 0 Å². The van der Waals surface area contributed by atoms with Crippen molar-refractivity contribution in [2.75, 3.05) is 33.2 Å². The molecule has 15 heavy (non-hydrogen) atoms. The Labute approximate surface area is 92.3 Å². The fraction of sp³-hybridized carbons (Fsp3) is 0.750. The monoisotopic (exact) mass is 207 g/mol. The maximum Gasteiger partial charge on any atom is 0.0507 e. The molecule has 1 spiro atoms. The van der Waals surface area contributed by atoms with Gasteiger partial charge >= 0.3 is 0 Å². The largest absolute Gasteiger partial charge is 0.369 e. The molecule has 2 saturated heterocycles. The summed E-state index contributed by atoms with van der Waals surface area (Å²) in [6, 6.07) is 0. The SMILES string of the molecule is CCC/C=C(\C=NC)N1CC2(CNC2)C1. The smallest absolute Gasteiger partial charge is 0.0507 e. The first-order chi connectivity index (χ1) is 7.29. The van der Waals surface area contributed by atoms with E-state index in [1.807, 2.05) is 13.3 Å². The van der Waals surface area contributed by atoms with Gasteiger partial charge in [0.15, 0.2) is 0 Å². The van der Waals surface area contributed by atoms with Crippen molar-refractivity contribution in [2.24, 2.45) is 10.4 Å². The van der Waals surface area contributed by atoms with E-state index in [0.717, 1.165) is 6.42 Å². The van der Waals surface area contributed by atoms with Crippen LogP contribution in [0.3, 0.4) is 0 Å². The van der Waals surface area contributed by atoms with Crippen LogP contribution in [0.5, 0.6) is 0 Å². The van der Waals surface area contributed by atoms with E-state index in [-0.39, 0.29) is 0 Å². The highest BCUT2D eigenvalue weighted by molar-refractivity contribution is 5.77. The van der Waals surface area contributed by atoms with E-state index >= 15 is 0 Å². The maximum absolute atomic E-state index is 4.13. The van der Waals surface area contributed by atoms with E-state index in [2.05, 4.69) is 28.2 Å². The van der Waals surface area contributed by atoms with Gasteiger partial charge in [-0.15, -0.1) is 0 Å². The Hall–Kier alpha value is -0.830. The highest BCUT2D eigenvalue weighted by atomic mass is 15.3. The van der Waals surface area contributed by atoms with Crippen LogP contribution in [-0.4, -0.2) is 44.3 Å². The minimum absolute atomic E-state index is 0.604. The van der Waals surface area contributed by atoms with E-state index in [1.54, 1.807) is 0 Å². The van der Waals surface area contributed by atoms with Crippen molar-refractivity contribution in [1.82, 2.24) is 10.2 Å². The molecule has 0 unspecified atom stereocenters. The van der Waals surface area contributed by atoms with Crippen LogP contribution in [0.1, 0.15) is 19.8 Å². The van der Waals surface area contributed by atoms with Crippen LogP contribution in [0.25, 0.3) is 0 Å². The van der Waals surface area contributed by atoms with Gasteiger partial charge in [0.2, 0.25) is 0 Å². The number of nitrogens with zero attached hydrogens (tertiary/aromatic N) is 2. The molecule has 0 atom stereocenters. The second-order valence-corrected chi connectivity index (χ2v) is 4.76. The molecule has 0 amide bonds. The minimum Gasteiger partial charge on any atom is -0.369 e. The van der Waals surface area contributed by atoms with Gasteiger partial charge in [-0.05, 0) is 6.42 Å². The maximum atomic E-state index is 4.13. The Kier molecular flexibility index (Phi) is 3.10. The Morgan fingerprint density at radius 3 is 2.67 bits per heavy atom. The van der Waals surface area contributed by atoms with E-state index in [0.29, 0.717) is 5.41 Å². The highest BCUT2D eigenvalue weighted by Crippen LogP contribution is 2.36. The summed E-state index contributed by atoms with van der Waals surface area (Å²) in [7, 11) is 1.85. The van der Waals surface area contributed by atoms with Gasteiger partial charge in [0.05, 0.1) is 5.70 Å². The Bertz CT molecular complexity index is 269. The summed E-state index contributed by atoms with van der Waals surface area (Å²) in [4.78, 5) is 6.58. The van der Waals surface area contributed by atoms with Crippen LogP contribution in [0, 0.1) is 5.41 Å². The average molecular weight is 207 g/mol. The number of nitrogens with one attached hydrogen (secondary N) is 1. The van der Waals surface area contributed by atoms with E-state index in [4.69, 9.17) is 0 Å². The molecule has 0 aromatic rings. The normalized spacial score (nSPS) is 24.4. The molecule has 1 N–H and O–H groups in total. The van der Waals surface area contributed by atoms with Crippen LogP contribution >= 0.6 is 0 Å². The van der Waals surface area contributed by atoms with E-state index in [9.17, 15) is 0 Å². The quantitative estimate of drug-likeness (QED) is 0.703. The third-order valence-corrected chi connectivity index (χ3v) is 3.32. The zero-order chi connectivity index (χ0) is 10.7. The standard InChI is InChI=1S/C12H21N3/c1-3-4-5-11(6-13-2)15-9-12(10-15)7-14-8-12/h5-6,14H,3-4,7-10H2,1-2H3/b11-5+,13-6?. The van der Waals surface area contributed by atoms with Gasteiger partial charge in [0.25, 0.3) is 0 Å². The Balaban J connectivity index is 1.90. The fourth-order valence-electron chi connectivity index (χ4n) is 2.34. The molecule has 0 aromatic carbocycles. The lowest BCUT2D eigenvalue weighted by molar-refractivity contribution is -0.0120. The van der Waals surface area contributed by atoms with E-state index in [1.165, 1.54) is 38.3 Å². The molecule has 2 fully saturated rings. The molecule has 2 aliphatic heterocycles. The third-order valence-electron chi connectivity index (χ3n) is 3.32. The number of likely N-dealkylation sites (tertiary alicyclic amines) is 1. The molecule has 84 valence electrons. The molecule has 3 nitrogen and oxygen atoms in total. The van der Waals surface area contributed by atoms with Gasteiger partial charge in [0.1, 0.15) is 0 Å². The number of hydrogen-bond donors (Lipinski definition) is 1. The average Bonchev–Trinajstić information content (AvgIpc) is 2.09. The molecular formula is C12H21N3. The molecule has 3 heteroatoms. The number of unbranched alkanes of at least 4 members (excludes halogenated alkanes) is 1. The summed E-state index contributed by atoms with van der Waals surface area (Å²) in [6.07, 6.45) is 6.67. The summed E-state index contributed by atoms with van der Waals surface area (Å²) in [5.41, 5.74) is 1.92. The predicted octanol–water partition coefficient (Wildman–Crippen LogP) is 1.28. The lowest BCUT2D eigenvalue weighted by atomic mass is 9.74. The molecule has 0 aromatic heterocycles. The number of allylic oxidation sites excluding steroid dienone is 2. The van der Waals surface area contributed by atoms with Crippen molar-refractivity contribution < 1.29 is 0 Å². The zero-order valence-electron chi connectivity index (χ0n) is 9.79. The first kappa shape index (κ1) is 10.7. The fourth-order valence-corrected chi connectivity index (χ4v) is 2.34. The molecular weight excluding hydrogens is 186 g/mol. The van der Waals surface area contributed by atoms with Gasteiger partial charge in [-0.1, -0.05) is 19.4 Å². The van der Waals surface area contributed by atoms with Gasteiger partial charge in [-0.2, -0.15) is 0 Å². The summed E-state index contributed by atoms with van der Waals surface area (Å²) >= 11 is 0. The first-order valence-electron chi connectivity index (χ1n) is 5.88. The van der Waals surface area contributed by atoms with Crippen molar-refractivity contribution in [3.05, 3.63) is 11.8 Å². The van der Waals surface area contributed by atoms with Gasteiger partial charge < -0.3 is 10.2 Å². The van der Waals surface area contributed by atoms with Crippen molar-refractivity contribution >= 4 is 6.21 Å². The van der Waals surface area contributed by atoms with Crippen molar-refractivity contribution in [3.63, 3.8) is 0 Å². The molecule has 0 radical (unpaired) electrons. The number of hydrogen-bond acceptors (Lipinski definition) is 3. The van der Waals surface area contributed by atoms with Crippen LogP contribution in [0.15, 0.2) is 16.8 Å². The lowest BCUT2D eigenvalue weighted by Gasteiger charge is -2.57. The minimum atomic E-state index is 0.604. The molecule has 2 rings (SSSR count). The third kappa shape index (κ3) is 2.07. The second kappa shape index (κ2) is 4.35. The van der Waals surface area contributed by atoms with Gasteiger partial charge in [-0.25, -0.2) is 0 Å². The van der Waals surface area contributed by atoms with Crippen LogP contribution < -0.4 is 5.32 Å². The number of rotatable bonds is 4. The van der Waals surface area contributed by atoms with Gasteiger partial charge in [-0.3, -0.25) is 4.99 Å². The lowest BCUT2D eigenvalue weighted by Crippen LogP contribution is -2.70. The van der Waals surface area contributed by atoms with Gasteiger partial charge in [0, 0.05) is 44.9 Å². The van der Waals surface area contributed by atoms with Crippen molar-refractivity contribution in [3.8, 4) is 0 Å². The topological polar surface area (TPSA) is 27.6 Å². The molecule has 0 aliphatic carbocycles. The van der Waals surface area contributed by atoms with E-state index < -0.39 is 0 Å². The molecule has 2 aliphatic rings.